The molecule has 0 atom stereocenters. The molecule has 0 aromatic carbocycles. The summed E-state index contributed by atoms with van der Waals surface area (Å²) in [7, 11) is 0. The van der Waals surface area contributed by atoms with Gasteiger partial charge in [0.25, 0.3) is 0 Å². The molecule has 2 N–H and O–H groups in total. The van der Waals surface area contributed by atoms with Gasteiger partial charge in [0.1, 0.15) is 17.4 Å². The van der Waals surface area contributed by atoms with Crippen LogP contribution in [0, 0.1) is 0 Å². The van der Waals surface area contributed by atoms with Gasteiger partial charge in [-0.05, 0) is 13.0 Å². The van der Waals surface area contributed by atoms with Crippen molar-refractivity contribution in [3.8, 4) is 0 Å². The number of hydrogen-bond donors (Lipinski definition) is 1. The number of nitrogens with two attached hydrogens (primary N) is 1. The van der Waals surface area contributed by atoms with Crippen molar-refractivity contribution in [1.82, 2.24) is 9.97 Å². The summed E-state index contributed by atoms with van der Waals surface area (Å²) in [5.74, 6) is 0.921. The van der Waals surface area contributed by atoms with Crippen LogP contribution in [0.4, 0.5) is 5.82 Å². The van der Waals surface area contributed by atoms with Gasteiger partial charge in [-0.15, -0.1) is 0 Å². The van der Waals surface area contributed by atoms with Crippen LogP contribution in [0.2, 0.25) is 0 Å². The summed E-state index contributed by atoms with van der Waals surface area (Å²) in [6.45, 7) is 1.49. The summed E-state index contributed by atoms with van der Waals surface area (Å²) in [5, 5.41) is 0. The van der Waals surface area contributed by atoms with Gasteiger partial charge in [0, 0.05) is 6.20 Å². The van der Waals surface area contributed by atoms with Gasteiger partial charge in [0.05, 0.1) is 6.42 Å². The smallest absolute Gasteiger partial charge is 0.138 e. The number of carbonyl (C=O) groups is 1. The second kappa shape index (κ2) is 3.09. The number of Topliss-reactive ketones (excluding diaryl/α,β-unsaturated/α-hetero) is 1. The van der Waals surface area contributed by atoms with E-state index in [2.05, 4.69) is 9.97 Å². The summed E-state index contributed by atoms with van der Waals surface area (Å²) in [6, 6.07) is 1.59. The predicted octanol–water partition coefficient (Wildman–Crippen LogP) is 0.190. The lowest BCUT2D eigenvalue weighted by Gasteiger charge is -1.95. The zero-order chi connectivity index (χ0) is 8.27. The molecule has 4 nitrogen and oxygen atoms in total. The molecule has 0 aliphatic rings. The van der Waals surface area contributed by atoms with Gasteiger partial charge in [0.15, 0.2) is 0 Å². The third-order valence-corrected chi connectivity index (χ3v) is 1.13. The van der Waals surface area contributed by atoms with Crippen molar-refractivity contribution in [1.29, 1.82) is 0 Å². The molecule has 1 rings (SSSR count). The number of carbonyl (C=O) groups excluding carboxylic acids is 1. The molecule has 0 saturated heterocycles. The Labute approximate surface area is 64.5 Å². The number of rotatable bonds is 2. The largest absolute Gasteiger partial charge is 0.384 e. The maximum Gasteiger partial charge on any atom is 0.138 e. The van der Waals surface area contributed by atoms with Crippen molar-refractivity contribution in [3.05, 3.63) is 18.1 Å². The van der Waals surface area contributed by atoms with E-state index in [1.165, 1.54) is 6.92 Å². The molecule has 58 valence electrons. The Bertz CT molecular complexity index is 272. The van der Waals surface area contributed by atoms with Gasteiger partial charge in [-0.3, -0.25) is 4.79 Å². The van der Waals surface area contributed by atoms with E-state index >= 15 is 0 Å². The van der Waals surface area contributed by atoms with Gasteiger partial charge in [-0.25, -0.2) is 9.97 Å². The molecule has 11 heavy (non-hydrogen) atoms. The minimum absolute atomic E-state index is 0.0376. The van der Waals surface area contributed by atoms with E-state index in [1.54, 1.807) is 12.3 Å². The summed E-state index contributed by atoms with van der Waals surface area (Å²) in [6.07, 6.45) is 1.80. The molecule has 1 heterocycles. The average molecular weight is 151 g/mol. The number of anilines is 1. The number of nitrogen functional groups attached to an aromatic ring is 1. The molecule has 4 heteroatoms. The van der Waals surface area contributed by atoms with Crippen molar-refractivity contribution < 1.29 is 4.79 Å². The molecule has 0 fully saturated rings. The molecule has 1 aromatic rings. The summed E-state index contributed by atoms with van der Waals surface area (Å²) in [5.41, 5.74) is 5.37. The van der Waals surface area contributed by atoms with E-state index in [0.29, 0.717) is 11.6 Å². The van der Waals surface area contributed by atoms with E-state index < -0.39 is 0 Å². The van der Waals surface area contributed by atoms with Crippen LogP contribution in [-0.2, 0) is 11.2 Å². The molecule has 0 aliphatic heterocycles. The fourth-order valence-corrected chi connectivity index (χ4v) is 0.723. The lowest BCUT2D eigenvalue weighted by atomic mass is 10.3. The molecule has 0 radical (unpaired) electrons. The highest BCUT2D eigenvalue weighted by Gasteiger charge is 1.99. The quantitative estimate of drug-likeness (QED) is 0.655. The monoisotopic (exact) mass is 151 g/mol. The zero-order valence-corrected chi connectivity index (χ0v) is 6.24. The first-order valence-corrected chi connectivity index (χ1v) is 3.25. The Morgan fingerprint density at radius 1 is 1.73 bits per heavy atom. The predicted molar refractivity (Wildman–Crippen MR) is 40.8 cm³/mol. The van der Waals surface area contributed by atoms with E-state index in [9.17, 15) is 4.79 Å². The highest BCUT2D eigenvalue weighted by Crippen LogP contribution is 1.96. The van der Waals surface area contributed by atoms with Crippen molar-refractivity contribution in [2.45, 2.75) is 13.3 Å². The first kappa shape index (κ1) is 7.65. The lowest BCUT2D eigenvalue weighted by Crippen LogP contribution is -2.03. The summed E-state index contributed by atoms with van der Waals surface area (Å²) < 4.78 is 0. The fourth-order valence-electron chi connectivity index (χ4n) is 0.723. The second-order valence-electron chi connectivity index (χ2n) is 2.28. The van der Waals surface area contributed by atoms with E-state index in [1.807, 2.05) is 0 Å². The Morgan fingerprint density at radius 2 is 2.45 bits per heavy atom. The van der Waals surface area contributed by atoms with E-state index in [-0.39, 0.29) is 12.2 Å². The fraction of sp³-hybridized carbons (Fsp3) is 0.286. The molecular formula is C7H9N3O. The SMILES string of the molecule is CC(=O)Cc1nccc(N)n1. The Morgan fingerprint density at radius 3 is 3.00 bits per heavy atom. The summed E-state index contributed by atoms with van der Waals surface area (Å²) in [4.78, 5) is 18.3. The van der Waals surface area contributed by atoms with Crippen LogP contribution < -0.4 is 5.73 Å². The number of hydrogen-bond acceptors (Lipinski definition) is 4. The first-order chi connectivity index (χ1) is 5.18. The van der Waals surface area contributed by atoms with Crippen molar-refractivity contribution in [3.63, 3.8) is 0 Å². The molecule has 1 aromatic heterocycles. The van der Waals surface area contributed by atoms with E-state index in [4.69, 9.17) is 5.73 Å². The molecule has 0 amide bonds. The van der Waals surface area contributed by atoms with Crippen LogP contribution in [0.1, 0.15) is 12.7 Å². The van der Waals surface area contributed by atoms with Crippen molar-refractivity contribution in [2.75, 3.05) is 5.73 Å². The Kier molecular flexibility index (Phi) is 2.15. The Balaban J connectivity index is 2.79. The average Bonchev–Trinajstić information content (AvgIpc) is 1.85. The Hall–Kier alpha value is -1.45. The molecule has 0 saturated carbocycles. The van der Waals surface area contributed by atoms with Crippen LogP contribution in [0.15, 0.2) is 12.3 Å². The topological polar surface area (TPSA) is 68.9 Å². The number of ketones is 1. The molecule has 0 spiro atoms. The molecule has 0 aliphatic carbocycles. The maximum atomic E-state index is 10.6. The van der Waals surface area contributed by atoms with Gasteiger partial charge >= 0.3 is 0 Å². The second-order valence-corrected chi connectivity index (χ2v) is 2.28. The van der Waals surface area contributed by atoms with Crippen molar-refractivity contribution >= 4 is 11.6 Å². The molecular weight excluding hydrogens is 142 g/mol. The van der Waals surface area contributed by atoms with Crippen molar-refractivity contribution in [2.24, 2.45) is 0 Å². The maximum absolute atomic E-state index is 10.6. The minimum Gasteiger partial charge on any atom is -0.384 e. The standard InChI is InChI=1S/C7H9N3O/c1-5(11)4-7-9-3-2-6(8)10-7/h2-3H,4H2,1H3,(H2,8,9,10). The van der Waals surface area contributed by atoms with Crippen LogP contribution >= 0.6 is 0 Å². The zero-order valence-electron chi connectivity index (χ0n) is 6.24. The lowest BCUT2D eigenvalue weighted by molar-refractivity contribution is -0.116. The number of nitrogens with zero attached hydrogens (tertiary/aromatic N) is 2. The van der Waals surface area contributed by atoms with Gasteiger partial charge < -0.3 is 5.73 Å². The van der Waals surface area contributed by atoms with Crippen LogP contribution in [0.3, 0.4) is 0 Å². The third kappa shape index (κ3) is 2.33. The normalized spacial score (nSPS) is 9.55. The first-order valence-electron chi connectivity index (χ1n) is 3.25. The molecule has 0 bridgehead atoms. The van der Waals surface area contributed by atoms with Crippen LogP contribution in [0.5, 0.6) is 0 Å². The van der Waals surface area contributed by atoms with Gasteiger partial charge in [0.2, 0.25) is 0 Å². The number of aromatic nitrogens is 2. The van der Waals surface area contributed by atoms with E-state index in [0.717, 1.165) is 0 Å². The van der Waals surface area contributed by atoms with Gasteiger partial charge in [-0.2, -0.15) is 0 Å². The highest BCUT2D eigenvalue weighted by molar-refractivity contribution is 5.77. The van der Waals surface area contributed by atoms with Gasteiger partial charge in [-0.1, -0.05) is 0 Å². The third-order valence-electron chi connectivity index (χ3n) is 1.13. The molecule has 0 unspecified atom stereocenters. The minimum atomic E-state index is 0.0376. The van der Waals surface area contributed by atoms with Crippen LogP contribution in [-0.4, -0.2) is 15.8 Å². The van der Waals surface area contributed by atoms with Crippen LogP contribution in [0.25, 0.3) is 0 Å². The highest BCUT2D eigenvalue weighted by atomic mass is 16.1. The summed E-state index contributed by atoms with van der Waals surface area (Å²) >= 11 is 0.